The van der Waals surface area contributed by atoms with E-state index >= 15 is 0 Å². The van der Waals surface area contributed by atoms with E-state index < -0.39 is 4.92 Å². The van der Waals surface area contributed by atoms with E-state index in [4.69, 9.17) is 0 Å². The van der Waals surface area contributed by atoms with E-state index in [1.54, 1.807) is 6.07 Å². The number of nitro groups is 1. The second-order valence-electron chi connectivity index (χ2n) is 4.87. The summed E-state index contributed by atoms with van der Waals surface area (Å²) in [4.78, 5) is 14.7. The van der Waals surface area contributed by atoms with Gasteiger partial charge in [0.15, 0.2) is 0 Å². The number of aromatic nitrogens is 1. The Morgan fingerprint density at radius 1 is 1.44 bits per heavy atom. The second-order valence-corrected chi connectivity index (χ2v) is 4.87. The molecular formula is C13H21N3O2. The van der Waals surface area contributed by atoms with Crippen LogP contribution in [0.3, 0.4) is 0 Å². The van der Waals surface area contributed by atoms with E-state index in [1.807, 2.05) is 13.8 Å². The first-order chi connectivity index (χ1) is 8.43. The number of aryl methyl sites for hydroxylation is 1. The molecule has 0 spiro atoms. The van der Waals surface area contributed by atoms with Gasteiger partial charge in [0.05, 0.1) is 4.92 Å². The van der Waals surface area contributed by atoms with Gasteiger partial charge in [-0.15, -0.1) is 0 Å². The Balaban J connectivity index is 2.82. The fraction of sp³-hybridized carbons (Fsp3) is 0.615. The lowest BCUT2D eigenvalue weighted by atomic mass is 10.0. The third kappa shape index (κ3) is 3.98. The van der Waals surface area contributed by atoms with Gasteiger partial charge >= 0.3 is 5.69 Å². The predicted molar refractivity (Wildman–Crippen MR) is 72.8 cm³/mol. The fourth-order valence-corrected chi connectivity index (χ4v) is 1.87. The first-order valence-electron chi connectivity index (χ1n) is 6.32. The van der Waals surface area contributed by atoms with Gasteiger partial charge in [-0.3, -0.25) is 10.1 Å². The maximum atomic E-state index is 10.9. The van der Waals surface area contributed by atoms with Gasteiger partial charge in [0, 0.05) is 17.8 Å². The van der Waals surface area contributed by atoms with E-state index in [9.17, 15) is 10.1 Å². The van der Waals surface area contributed by atoms with Gasteiger partial charge in [-0.05, 0) is 32.3 Å². The minimum Gasteiger partial charge on any atom is -0.362 e. The van der Waals surface area contributed by atoms with Crippen molar-refractivity contribution in [2.75, 3.05) is 5.32 Å². The van der Waals surface area contributed by atoms with Crippen LogP contribution in [0.1, 0.15) is 39.3 Å². The summed E-state index contributed by atoms with van der Waals surface area (Å²) in [7, 11) is 0. The van der Waals surface area contributed by atoms with Crippen molar-refractivity contribution in [2.24, 2.45) is 5.92 Å². The summed E-state index contributed by atoms with van der Waals surface area (Å²) >= 11 is 0. The zero-order chi connectivity index (χ0) is 13.7. The fourth-order valence-electron chi connectivity index (χ4n) is 1.87. The molecule has 100 valence electrons. The molecule has 0 saturated heterocycles. The maximum Gasteiger partial charge on any atom is 0.311 e. The standard InChI is InChI=1S/C13H21N3O2/c1-5-9(2)8-11(4)15-13-12(16(17)18)7-6-10(3)14-13/h6-7,9,11H,5,8H2,1-4H3,(H,14,15). The zero-order valence-electron chi connectivity index (χ0n) is 11.4. The van der Waals surface area contributed by atoms with Crippen LogP contribution in [0.25, 0.3) is 0 Å². The van der Waals surface area contributed by atoms with Crippen LogP contribution in [0.2, 0.25) is 0 Å². The molecule has 1 rings (SSSR count). The molecule has 0 saturated carbocycles. The Morgan fingerprint density at radius 3 is 2.67 bits per heavy atom. The number of nitrogens with one attached hydrogen (secondary N) is 1. The molecule has 5 nitrogen and oxygen atoms in total. The Kier molecular flexibility index (Phi) is 5.07. The molecule has 1 aromatic rings. The van der Waals surface area contributed by atoms with E-state index in [-0.39, 0.29) is 11.7 Å². The van der Waals surface area contributed by atoms with Crippen LogP contribution < -0.4 is 5.32 Å². The average molecular weight is 251 g/mol. The third-order valence-corrected chi connectivity index (χ3v) is 3.05. The molecule has 1 aromatic heterocycles. The first-order valence-corrected chi connectivity index (χ1v) is 6.32. The van der Waals surface area contributed by atoms with Gasteiger partial charge in [0.25, 0.3) is 0 Å². The largest absolute Gasteiger partial charge is 0.362 e. The lowest BCUT2D eigenvalue weighted by Gasteiger charge is -2.18. The molecule has 0 radical (unpaired) electrons. The van der Waals surface area contributed by atoms with Crippen molar-refractivity contribution in [3.63, 3.8) is 0 Å². The molecule has 0 aliphatic carbocycles. The molecule has 1 heterocycles. The normalized spacial score (nSPS) is 14.0. The van der Waals surface area contributed by atoms with E-state index in [2.05, 4.69) is 24.1 Å². The van der Waals surface area contributed by atoms with Crippen molar-refractivity contribution in [3.8, 4) is 0 Å². The molecule has 0 fully saturated rings. The number of pyridine rings is 1. The SMILES string of the molecule is CCC(C)CC(C)Nc1nc(C)ccc1[N+](=O)[O-]. The van der Waals surface area contributed by atoms with Crippen LogP contribution in [0.4, 0.5) is 11.5 Å². The van der Waals surface area contributed by atoms with E-state index in [1.165, 1.54) is 6.07 Å². The van der Waals surface area contributed by atoms with Crippen molar-refractivity contribution in [3.05, 3.63) is 27.9 Å². The minimum absolute atomic E-state index is 0.0385. The molecule has 2 unspecified atom stereocenters. The number of hydrogen-bond donors (Lipinski definition) is 1. The third-order valence-electron chi connectivity index (χ3n) is 3.05. The Hall–Kier alpha value is -1.65. The van der Waals surface area contributed by atoms with Crippen molar-refractivity contribution in [2.45, 2.75) is 46.6 Å². The second kappa shape index (κ2) is 6.33. The van der Waals surface area contributed by atoms with Crippen LogP contribution in [0, 0.1) is 23.0 Å². The average Bonchev–Trinajstić information content (AvgIpc) is 2.28. The lowest BCUT2D eigenvalue weighted by molar-refractivity contribution is -0.384. The number of rotatable bonds is 6. The molecule has 2 atom stereocenters. The monoisotopic (exact) mass is 251 g/mol. The molecular weight excluding hydrogens is 230 g/mol. The first kappa shape index (κ1) is 14.4. The van der Waals surface area contributed by atoms with Crippen LogP contribution in [-0.4, -0.2) is 15.9 Å². The minimum atomic E-state index is -0.398. The molecule has 18 heavy (non-hydrogen) atoms. The van der Waals surface area contributed by atoms with Gasteiger partial charge in [0.2, 0.25) is 5.82 Å². The van der Waals surface area contributed by atoms with Crippen molar-refractivity contribution in [1.82, 2.24) is 4.98 Å². The van der Waals surface area contributed by atoms with Crippen LogP contribution in [0.5, 0.6) is 0 Å². The molecule has 0 aliphatic heterocycles. The van der Waals surface area contributed by atoms with Crippen LogP contribution >= 0.6 is 0 Å². The van der Waals surface area contributed by atoms with E-state index in [0.29, 0.717) is 11.7 Å². The summed E-state index contributed by atoms with van der Waals surface area (Å²) in [5.41, 5.74) is 0.815. The Labute approximate surface area is 108 Å². The highest BCUT2D eigenvalue weighted by Gasteiger charge is 2.17. The van der Waals surface area contributed by atoms with E-state index in [0.717, 1.165) is 18.5 Å². The molecule has 0 bridgehead atoms. The summed E-state index contributed by atoms with van der Waals surface area (Å²) in [5.74, 6) is 0.965. The highest BCUT2D eigenvalue weighted by atomic mass is 16.6. The van der Waals surface area contributed by atoms with Crippen LogP contribution in [0.15, 0.2) is 12.1 Å². The molecule has 1 N–H and O–H groups in total. The van der Waals surface area contributed by atoms with Gasteiger partial charge in [-0.2, -0.15) is 0 Å². The maximum absolute atomic E-state index is 10.9. The number of anilines is 1. The van der Waals surface area contributed by atoms with Crippen molar-refractivity contribution in [1.29, 1.82) is 0 Å². The quantitative estimate of drug-likeness (QED) is 0.620. The highest BCUT2D eigenvalue weighted by molar-refractivity contribution is 5.56. The smallest absolute Gasteiger partial charge is 0.311 e. The molecule has 0 aromatic carbocycles. The van der Waals surface area contributed by atoms with Gasteiger partial charge in [-0.1, -0.05) is 20.3 Å². The van der Waals surface area contributed by atoms with Gasteiger partial charge < -0.3 is 5.32 Å². The summed E-state index contributed by atoms with van der Waals surface area (Å²) in [6.07, 6.45) is 2.08. The van der Waals surface area contributed by atoms with Crippen LogP contribution in [-0.2, 0) is 0 Å². The summed E-state index contributed by atoms with van der Waals surface area (Å²) < 4.78 is 0. The number of hydrogen-bond acceptors (Lipinski definition) is 4. The Bertz CT molecular complexity index is 421. The molecule has 0 amide bonds. The number of nitrogens with zero attached hydrogens (tertiary/aromatic N) is 2. The summed E-state index contributed by atoms with van der Waals surface area (Å²) in [6, 6.07) is 3.33. The predicted octanol–water partition coefficient (Wildman–Crippen LogP) is 3.53. The van der Waals surface area contributed by atoms with Gasteiger partial charge in [-0.25, -0.2) is 4.98 Å². The van der Waals surface area contributed by atoms with Gasteiger partial charge in [0.1, 0.15) is 0 Å². The Morgan fingerprint density at radius 2 is 2.11 bits per heavy atom. The van der Waals surface area contributed by atoms with Crippen molar-refractivity contribution < 1.29 is 4.92 Å². The topological polar surface area (TPSA) is 68.1 Å². The molecule has 0 aliphatic rings. The summed E-state index contributed by atoms with van der Waals surface area (Å²) in [5, 5.41) is 14.1. The molecule has 5 heteroatoms. The zero-order valence-corrected chi connectivity index (χ0v) is 11.4. The summed E-state index contributed by atoms with van der Waals surface area (Å²) in [6.45, 7) is 8.18. The highest BCUT2D eigenvalue weighted by Crippen LogP contribution is 2.24. The van der Waals surface area contributed by atoms with Crippen molar-refractivity contribution >= 4 is 11.5 Å². The lowest BCUT2D eigenvalue weighted by Crippen LogP contribution is -2.20.